The maximum Gasteiger partial charge on any atom is 0.289 e. The second-order valence-corrected chi connectivity index (χ2v) is 8.99. The predicted octanol–water partition coefficient (Wildman–Crippen LogP) is 1.32. The third kappa shape index (κ3) is 5.07. The van der Waals surface area contributed by atoms with Crippen LogP contribution in [0.25, 0.3) is 0 Å². The zero-order valence-corrected chi connectivity index (χ0v) is 17.9. The van der Waals surface area contributed by atoms with Gasteiger partial charge in [-0.15, -0.1) is 0 Å². The number of nitrogens with zero attached hydrogens (tertiary/aromatic N) is 3. The number of carbonyl (C=O) groups is 2. The molecule has 0 aliphatic carbocycles. The summed E-state index contributed by atoms with van der Waals surface area (Å²) in [7, 11) is -2.15. The van der Waals surface area contributed by atoms with Crippen LogP contribution in [0.5, 0.6) is 0 Å². The van der Waals surface area contributed by atoms with Gasteiger partial charge in [0, 0.05) is 38.9 Å². The summed E-state index contributed by atoms with van der Waals surface area (Å²) in [5.41, 5.74) is 0.354. The normalized spacial score (nSPS) is 15.7. The van der Waals surface area contributed by atoms with Crippen molar-refractivity contribution in [3.63, 3.8) is 0 Å². The summed E-state index contributed by atoms with van der Waals surface area (Å²) in [6.07, 6.45) is 1.38. The molecule has 2 aromatic rings. The lowest BCUT2D eigenvalue weighted by molar-refractivity contribution is -0.116. The van der Waals surface area contributed by atoms with Gasteiger partial charge in [0.25, 0.3) is 5.91 Å². The Labute approximate surface area is 176 Å². The standard InChI is InChI=1S/C20H26N4O5S/c1-3-23-9-11-24(12-10-23)30(27,28)17-7-4-6-16(14-17)21-19(25)15-22(2)20(26)18-8-5-13-29-18/h4-8,13-14H,3,9-12,15H2,1-2H3,(H,21,25). The van der Waals surface area contributed by atoms with Gasteiger partial charge in [-0.3, -0.25) is 9.59 Å². The number of piperazine rings is 1. The van der Waals surface area contributed by atoms with Crippen LogP contribution in [-0.4, -0.2) is 80.7 Å². The summed E-state index contributed by atoms with van der Waals surface area (Å²) < 4.78 is 32.4. The van der Waals surface area contributed by atoms with Gasteiger partial charge < -0.3 is 19.5 Å². The zero-order chi connectivity index (χ0) is 21.7. The van der Waals surface area contributed by atoms with Crippen molar-refractivity contribution in [2.75, 3.05) is 51.6 Å². The first-order chi connectivity index (χ1) is 14.3. The molecule has 2 heterocycles. The molecule has 1 aromatic heterocycles. The lowest BCUT2D eigenvalue weighted by Gasteiger charge is -2.33. The van der Waals surface area contributed by atoms with E-state index in [4.69, 9.17) is 4.42 Å². The predicted molar refractivity (Wildman–Crippen MR) is 112 cm³/mol. The van der Waals surface area contributed by atoms with E-state index in [2.05, 4.69) is 17.1 Å². The van der Waals surface area contributed by atoms with Gasteiger partial charge in [-0.2, -0.15) is 4.31 Å². The van der Waals surface area contributed by atoms with Crippen molar-refractivity contribution in [3.05, 3.63) is 48.4 Å². The fraction of sp³-hybridized carbons (Fsp3) is 0.400. The Balaban J connectivity index is 1.63. The van der Waals surface area contributed by atoms with Crippen LogP contribution < -0.4 is 5.32 Å². The Morgan fingerprint density at radius 2 is 1.87 bits per heavy atom. The first-order valence-electron chi connectivity index (χ1n) is 9.72. The van der Waals surface area contributed by atoms with Crippen LogP contribution >= 0.6 is 0 Å². The lowest BCUT2D eigenvalue weighted by atomic mass is 10.3. The minimum Gasteiger partial charge on any atom is -0.459 e. The molecule has 3 rings (SSSR count). The molecule has 0 unspecified atom stereocenters. The first-order valence-corrected chi connectivity index (χ1v) is 11.2. The topological polar surface area (TPSA) is 103 Å². The minimum absolute atomic E-state index is 0.130. The van der Waals surface area contributed by atoms with Gasteiger partial charge in [0.15, 0.2) is 5.76 Å². The van der Waals surface area contributed by atoms with Gasteiger partial charge in [-0.05, 0) is 36.9 Å². The van der Waals surface area contributed by atoms with Crippen molar-refractivity contribution >= 4 is 27.5 Å². The molecule has 0 radical (unpaired) electrons. The zero-order valence-electron chi connectivity index (χ0n) is 17.1. The average molecular weight is 435 g/mol. The molecule has 0 saturated carbocycles. The minimum atomic E-state index is -3.64. The van der Waals surface area contributed by atoms with Gasteiger partial charge in [0.2, 0.25) is 15.9 Å². The SMILES string of the molecule is CCN1CCN(S(=O)(=O)c2cccc(NC(=O)CN(C)C(=O)c3ccco3)c2)CC1. The molecule has 1 aliphatic heterocycles. The molecular formula is C20H26N4O5S. The van der Waals surface area contributed by atoms with Crippen molar-refractivity contribution in [2.24, 2.45) is 0 Å². The highest BCUT2D eigenvalue weighted by Gasteiger charge is 2.28. The third-order valence-corrected chi connectivity index (χ3v) is 6.89. The van der Waals surface area contributed by atoms with Gasteiger partial charge in [-0.25, -0.2) is 8.42 Å². The molecule has 10 heteroatoms. The van der Waals surface area contributed by atoms with E-state index >= 15 is 0 Å². The smallest absolute Gasteiger partial charge is 0.289 e. The molecule has 0 spiro atoms. The number of anilines is 1. The summed E-state index contributed by atoms with van der Waals surface area (Å²) >= 11 is 0. The molecule has 30 heavy (non-hydrogen) atoms. The average Bonchev–Trinajstić information content (AvgIpc) is 3.28. The summed E-state index contributed by atoms with van der Waals surface area (Å²) in [6, 6.07) is 9.26. The number of sulfonamides is 1. The Bertz CT molecular complexity index is 982. The molecule has 1 N–H and O–H groups in total. The largest absolute Gasteiger partial charge is 0.459 e. The Morgan fingerprint density at radius 1 is 1.13 bits per heavy atom. The maximum absolute atomic E-state index is 13.0. The van der Waals surface area contributed by atoms with Crippen LogP contribution in [0, 0.1) is 0 Å². The van der Waals surface area contributed by atoms with E-state index in [1.807, 2.05) is 0 Å². The fourth-order valence-electron chi connectivity index (χ4n) is 3.25. The fourth-order valence-corrected chi connectivity index (χ4v) is 4.71. The van der Waals surface area contributed by atoms with Crippen molar-refractivity contribution in [3.8, 4) is 0 Å². The lowest BCUT2D eigenvalue weighted by Crippen LogP contribution is -2.48. The highest BCUT2D eigenvalue weighted by molar-refractivity contribution is 7.89. The number of rotatable bonds is 7. The van der Waals surface area contributed by atoms with E-state index in [1.54, 1.807) is 18.2 Å². The molecule has 1 saturated heterocycles. The number of nitrogens with one attached hydrogen (secondary N) is 1. The van der Waals surface area contributed by atoms with Gasteiger partial charge >= 0.3 is 0 Å². The van der Waals surface area contributed by atoms with Gasteiger partial charge in [-0.1, -0.05) is 13.0 Å². The number of furan rings is 1. The second-order valence-electron chi connectivity index (χ2n) is 7.05. The van der Waals surface area contributed by atoms with Crippen molar-refractivity contribution in [2.45, 2.75) is 11.8 Å². The van der Waals surface area contributed by atoms with Crippen LogP contribution in [0.15, 0.2) is 52.0 Å². The first kappa shape index (κ1) is 22.0. The number of hydrogen-bond donors (Lipinski definition) is 1. The molecular weight excluding hydrogens is 408 g/mol. The Kier molecular flexibility index (Phi) is 6.91. The van der Waals surface area contributed by atoms with E-state index in [0.29, 0.717) is 31.9 Å². The van der Waals surface area contributed by atoms with E-state index in [0.717, 1.165) is 6.54 Å². The maximum atomic E-state index is 13.0. The third-order valence-electron chi connectivity index (χ3n) is 4.99. The van der Waals surface area contributed by atoms with Crippen LogP contribution in [0.3, 0.4) is 0 Å². The summed E-state index contributed by atoms with van der Waals surface area (Å²) in [6.45, 7) is 5.01. The quantitative estimate of drug-likeness (QED) is 0.705. The van der Waals surface area contributed by atoms with E-state index in [9.17, 15) is 18.0 Å². The molecule has 0 atom stereocenters. The van der Waals surface area contributed by atoms with Crippen LogP contribution in [0.2, 0.25) is 0 Å². The molecule has 9 nitrogen and oxygen atoms in total. The van der Waals surface area contributed by atoms with Crippen LogP contribution in [-0.2, 0) is 14.8 Å². The number of carbonyl (C=O) groups excluding carboxylic acids is 2. The van der Waals surface area contributed by atoms with Crippen LogP contribution in [0.4, 0.5) is 5.69 Å². The molecule has 0 bridgehead atoms. The van der Waals surface area contributed by atoms with Crippen molar-refractivity contribution in [1.82, 2.24) is 14.1 Å². The Hall–Kier alpha value is -2.69. The van der Waals surface area contributed by atoms with E-state index in [-0.39, 0.29) is 17.2 Å². The molecule has 2 amide bonds. The summed E-state index contributed by atoms with van der Waals surface area (Å²) in [5, 5.41) is 2.65. The molecule has 162 valence electrons. The molecule has 1 aliphatic rings. The highest BCUT2D eigenvalue weighted by Crippen LogP contribution is 2.21. The number of likely N-dealkylation sites (N-methyl/N-ethyl adjacent to an activating group) is 2. The number of benzene rings is 1. The van der Waals surface area contributed by atoms with E-state index in [1.165, 1.54) is 40.7 Å². The highest BCUT2D eigenvalue weighted by atomic mass is 32.2. The van der Waals surface area contributed by atoms with Gasteiger partial charge in [0.1, 0.15) is 0 Å². The van der Waals surface area contributed by atoms with Crippen molar-refractivity contribution < 1.29 is 22.4 Å². The Morgan fingerprint density at radius 3 is 2.50 bits per heavy atom. The monoisotopic (exact) mass is 434 g/mol. The number of amides is 2. The molecule has 1 fully saturated rings. The van der Waals surface area contributed by atoms with Gasteiger partial charge in [0.05, 0.1) is 17.7 Å². The van der Waals surface area contributed by atoms with E-state index < -0.39 is 21.8 Å². The number of hydrogen-bond acceptors (Lipinski definition) is 6. The van der Waals surface area contributed by atoms with Crippen molar-refractivity contribution in [1.29, 1.82) is 0 Å². The summed E-state index contributed by atoms with van der Waals surface area (Å²) in [5.74, 6) is -0.720. The molecule has 1 aromatic carbocycles. The van der Waals surface area contributed by atoms with Crippen LogP contribution in [0.1, 0.15) is 17.5 Å². The summed E-state index contributed by atoms with van der Waals surface area (Å²) in [4.78, 5) is 28.0. The second kappa shape index (κ2) is 9.41.